The third kappa shape index (κ3) is 35.6. The first kappa shape index (κ1) is 49.2. The van der Waals surface area contributed by atoms with Crippen LogP contribution in [-0.2, 0) is 18.4 Å². The van der Waals surface area contributed by atoms with Crippen molar-refractivity contribution in [3.8, 4) is 0 Å². The van der Waals surface area contributed by atoms with Crippen LogP contribution in [0, 0.1) is 0 Å². The van der Waals surface area contributed by atoms with Gasteiger partial charge in [0.2, 0.25) is 5.91 Å². The van der Waals surface area contributed by atoms with Crippen LogP contribution in [0.5, 0.6) is 0 Å². The van der Waals surface area contributed by atoms with Gasteiger partial charge in [0.05, 0.1) is 25.4 Å². The number of rotatable bonds is 40. The van der Waals surface area contributed by atoms with Crippen molar-refractivity contribution < 1.29 is 28.4 Å². The first-order chi connectivity index (χ1) is 24.4. The lowest BCUT2D eigenvalue weighted by Gasteiger charge is -2.23. The Kier molecular flexibility index (Phi) is 37.4. The topological polar surface area (TPSA) is 131 Å². The van der Waals surface area contributed by atoms with Gasteiger partial charge in [-0.25, -0.2) is 4.57 Å². The van der Waals surface area contributed by atoms with E-state index in [1.54, 1.807) is 6.08 Å². The molecule has 0 bridgehead atoms. The molecule has 9 heteroatoms. The number of carbonyl (C=O) groups excluding carboxylic acids is 1. The Hall–Kier alpha value is -0.760. The molecule has 3 atom stereocenters. The number of amides is 1. The van der Waals surface area contributed by atoms with E-state index in [0.717, 1.165) is 38.5 Å². The molecule has 0 heterocycles. The molecule has 0 fully saturated rings. The minimum atomic E-state index is -4.33. The Morgan fingerprint density at radius 1 is 0.640 bits per heavy atom. The Bertz CT molecular complexity index is 799. The predicted octanol–water partition coefficient (Wildman–Crippen LogP) is 11.6. The van der Waals surface area contributed by atoms with E-state index < -0.39 is 20.0 Å². The number of unbranched alkanes of at least 4 members (excludes halogenated alkanes) is 28. The van der Waals surface area contributed by atoms with Crippen molar-refractivity contribution in [3.63, 3.8) is 0 Å². The van der Waals surface area contributed by atoms with E-state index in [1.807, 2.05) is 6.08 Å². The molecule has 0 aromatic heterocycles. The summed E-state index contributed by atoms with van der Waals surface area (Å²) in [4.78, 5) is 22.6. The molecule has 3 unspecified atom stereocenters. The van der Waals surface area contributed by atoms with Gasteiger partial charge in [0.15, 0.2) is 0 Å². The van der Waals surface area contributed by atoms with Crippen LogP contribution >= 0.6 is 7.82 Å². The maximum Gasteiger partial charge on any atom is 0.472 e. The van der Waals surface area contributed by atoms with Crippen LogP contribution in [0.4, 0.5) is 0 Å². The lowest BCUT2D eigenvalue weighted by atomic mass is 10.0. The highest BCUT2D eigenvalue weighted by molar-refractivity contribution is 7.47. The number of nitrogens with two attached hydrogens (primary N) is 1. The van der Waals surface area contributed by atoms with Crippen molar-refractivity contribution in [3.05, 3.63) is 12.2 Å². The molecule has 0 saturated heterocycles. The van der Waals surface area contributed by atoms with Gasteiger partial charge >= 0.3 is 7.82 Å². The molecule has 0 spiro atoms. The second-order valence-electron chi connectivity index (χ2n) is 14.6. The molecule has 8 nitrogen and oxygen atoms in total. The summed E-state index contributed by atoms with van der Waals surface area (Å²) in [6.45, 7) is 4.14. The third-order valence-electron chi connectivity index (χ3n) is 9.61. The fourth-order valence-corrected chi connectivity index (χ4v) is 7.13. The van der Waals surface area contributed by atoms with Gasteiger partial charge in [0.1, 0.15) is 0 Å². The van der Waals surface area contributed by atoms with Gasteiger partial charge in [-0.05, 0) is 19.3 Å². The van der Waals surface area contributed by atoms with Crippen LogP contribution in [0.15, 0.2) is 12.2 Å². The zero-order chi connectivity index (χ0) is 36.8. The van der Waals surface area contributed by atoms with Crippen molar-refractivity contribution in [1.82, 2.24) is 5.32 Å². The van der Waals surface area contributed by atoms with Crippen molar-refractivity contribution in [1.29, 1.82) is 0 Å². The SMILES string of the molecule is CCCCCCCCCCCCCCCCCCCC/C=C/C(O)C(COP(=O)(O)OCCN)NC(=O)CCCCCCCCCCCCC. The highest BCUT2D eigenvalue weighted by Crippen LogP contribution is 2.43. The van der Waals surface area contributed by atoms with E-state index in [1.165, 1.54) is 154 Å². The minimum absolute atomic E-state index is 0.0812. The summed E-state index contributed by atoms with van der Waals surface area (Å²) in [7, 11) is -4.33. The third-order valence-corrected chi connectivity index (χ3v) is 10.6. The molecule has 0 saturated carbocycles. The normalized spacial score (nSPS) is 14.3. The Morgan fingerprint density at radius 2 is 1.02 bits per heavy atom. The van der Waals surface area contributed by atoms with Crippen LogP contribution in [0.1, 0.15) is 213 Å². The summed E-state index contributed by atoms with van der Waals surface area (Å²) in [6.07, 6.45) is 41.2. The van der Waals surface area contributed by atoms with Gasteiger partial charge < -0.3 is 21.1 Å². The summed E-state index contributed by atoms with van der Waals surface area (Å²) in [5, 5.41) is 13.6. The first-order valence-electron chi connectivity index (χ1n) is 21.3. The summed E-state index contributed by atoms with van der Waals surface area (Å²) in [5.74, 6) is -0.193. The maximum atomic E-state index is 12.7. The molecule has 50 heavy (non-hydrogen) atoms. The van der Waals surface area contributed by atoms with Crippen molar-refractivity contribution in [2.75, 3.05) is 19.8 Å². The van der Waals surface area contributed by atoms with E-state index in [2.05, 4.69) is 19.2 Å². The molecule has 0 aromatic rings. The van der Waals surface area contributed by atoms with Gasteiger partial charge in [-0.3, -0.25) is 13.8 Å². The predicted molar refractivity (Wildman–Crippen MR) is 212 cm³/mol. The number of hydrogen-bond donors (Lipinski definition) is 4. The van der Waals surface area contributed by atoms with Gasteiger partial charge in [-0.15, -0.1) is 0 Å². The molecule has 0 aliphatic carbocycles. The lowest BCUT2D eigenvalue weighted by Crippen LogP contribution is -2.45. The second-order valence-corrected chi connectivity index (χ2v) is 16.0. The Labute approximate surface area is 309 Å². The number of hydrogen-bond acceptors (Lipinski definition) is 6. The highest BCUT2D eigenvalue weighted by Gasteiger charge is 2.26. The van der Waals surface area contributed by atoms with Gasteiger partial charge in [0, 0.05) is 13.0 Å². The average molecular weight is 731 g/mol. The van der Waals surface area contributed by atoms with E-state index in [-0.39, 0.29) is 25.7 Å². The maximum absolute atomic E-state index is 12.7. The molecular formula is C41H83N2O6P. The Morgan fingerprint density at radius 3 is 1.42 bits per heavy atom. The number of phosphoric ester groups is 1. The van der Waals surface area contributed by atoms with Gasteiger partial charge in [0.25, 0.3) is 0 Å². The number of carbonyl (C=O) groups is 1. The molecule has 0 aromatic carbocycles. The molecular weight excluding hydrogens is 647 g/mol. The summed E-state index contributed by atoms with van der Waals surface area (Å²) in [6, 6.07) is -0.853. The minimum Gasteiger partial charge on any atom is -0.387 e. The lowest BCUT2D eigenvalue weighted by molar-refractivity contribution is -0.123. The van der Waals surface area contributed by atoms with Crippen LogP contribution in [0.3, 0.4) is 0 Å². The molecule has 1 amide bonds. The largest absolute Gasteiger partial charge is 0.472 e. The molecule has 0 radical (unpaired) electrons. The molecule has 0 rings (SSSR count). The van der Waals surface area contributed by atoms with Crippen molar-refractivity contribution in [2.45, 2.75) is 225 Å². The highest BCUT2D eigenvalue weighted by atomic mass is 31.2. The molecule has 0 aliphatic heterocycles. The fourth-order valence-electron chi connectivity index (χ4n) is 6.37. The smallest absolute Gasteiger partial charge is 0.387 e. The van der Waals surface area contributed by atoms with Gasteiger partial charge in [-0.2, -0.15) is 0 Å². The average Bonchev–Trinajstić information content (AvgIpc) is 3.10. The van der Waals surface area contributed by atoms with E-state index in [0.29, 0.717) is 6.42 Å². The summed E-state index contributed by atoms with van der Waals surface area (Å²) in [5.41, 5.74) is 5.36. The first-order valence-corrected chi connectivity index (χ1v) is 22.8. The molecule has 298 valence electrons. The van der Waals surface area contributed by atoms with E-state index in [9.17, 15) is 19.4 Å². The van der Waals surface area contributed by atoms with E-state index >= 15 is 0 Å². The monoisotopic (exact) mass is 731 g/mol. The number of phosphoric acid groups is 1. The van der Waals surface area contributed by atoms with Crippen molar-refractivity contribution in [2.24, 2.45) is 5.73 Å². The van der Waals surface area contributed by atoms with Crippen molar-refractivity contribution >= 4 is 13.7 Å². The zero-order valence-corrected chi connectivity index (χ0v) is 33.8. The molecule has 5 N–H and O–H groups in total. The summed E-state index contributed by atoms with van der Waals surface area (Å²) < 4.78 is 22.1. The van der Waals surface area contributed by atoms with Crippen LogP contribution < -0.4 is 11.1 Å². The Balaban J connectivity index is 4.16. The number of allylic oxidation sites excluding steroid dienone is 1. The number of aliphatic hydroxyl groups is 1. The quantitative estimate of drug-likeness (QED) is 0.0280. The summed E-state index contributed by atoms with van der Waals surface area (Å²) >= 11 is 0. The standard InChI is InChI=1S/C41H83N2O6P/c1-3-5-7-9-11-13-15-16-17-18-19-20-21-22-23-25-26-28-30-32-34-40(44)39(38-49-50(46,47)48-37-36-42)43-41(45)35-33-31-29-27-24-14-12-10-8-6-4-2/h32,34,39-40,44H,3-31,33,35-38,42H2,1-2H3,(H,43,45)(H,46,47)/b34-32+. The second kappa shape index (κ2) is 38.0. The zero-order valence-electron chi connectivity index (χ0n) is 32.9. The van der Waals surface area contributed by atoms with Crippen LogP contribution in [-0.4, -0.2) is 47.8 Å². The fraction of sp³-hybridized carbons (Fsp3) is 0.927. The molecule has 0 aliphatic rings. The number of aliphatic hydroxyl groups excluding tert-OH is 1. The van der Waals surface area contributed by atoms with Crippen LogP contribution in [0.25, 0.3) is 0 Å². The number of nitrogens with one attached hydrogen (secondary N) is 1. The van der Waals surface area contributed by atoms with Gasteiger partial charge in [-0.1, -0.05) is 199 Å². The van der Waals surface area contributed by atoms with E-state index in [4.69, 9.17) is 14.8 Å². The van der Waals surface area contributed by atoms with Crippen LogP contribution in [0.2, 0.25) is 0 Å².